The second-order valence-corrected chi connectivity index (χ2v) is 7.25. The lowest BCUT2D eigenvalue weighted by molar-refractivity contribution is 0.715. The molecule has 3 heterocycles. The predicted octanol–water partition coefficient (Wildman–Crippen LogP) is 3.06. The smallest absolute Gasteiger partial charge is 0.229 e. The van der Waals surface area contributed by atoms with Gasteiger partial charge >= 0.3 is 0 Å². The van der Waals surface area contributed by atoms with Gasteiger partial charge in [0, 0.05) is 20.0 Å². The summed E-state index contributed by atoms with van der Waals surface area (Å²) in [7, 11) is 3.82. The lowest BCUT2D eigenvalue weighted by atomic mass is 10.2. The lowest BCUT2D eigenvalue weighted by Gasteiger charge is -2.13. The normalized spacial score (nSPS) is 11.2. The quantitative estimate of drug-likeness (QED) is 0.759. The summed E-state index contributed by atoms with van der Waals surface area (Å²) in [6.45, 7) is 4.12. The van der Waals surface area contributed by atoms with Crippen molar-refractivity contribution in [1.29, 1.82) is 0 Å². The molecule has 0 aliphatic heterocycles. The van der Waals surface area contributed by atoms with Crippen molar-refractivity contribution in [2.24, 2.45) is 0 Å². The fraction of sp³-hybridized carbons (Fsp3) is 0.357. The summed E-state index contributed by atoms with van der Waals surface area (Å²) in [6.07, 6.45) is 0. The molecule has 7 nitrogen and oxygen atoms in total. The number of H-pyrrole nitrogens is 1. The van der Waals surface area contributed by atoms with Gasteiger partial charge in [-0.25, -0.2) is 9.97 Å². The molecule has 3 aromatic heterocycles. The first-order valence-electron chi connectivity index (χ1n) is 7.10. The van der Waals surface area contributed by atoms with Crippen LogP contribution in [0.15, 0.2) is 27.8 Å². The van der Waals surface area contributed by atoms with Gasteiger partial charge in [0.15, 0.2) is 5.82 Å². The van der Waals surface area contributed by atoms with Crippen LogP contribution in [0.1, 0.15) is 25.6 Å². The molecular weight excluding hydrogens is 330 g/mol. The van der Waals surface area contributed by atoms with E-state index in [1.54, 1.807) is 11.3 Å². The molecule has 0 saturated heterocycles. The highest BCUT2D eigenvalue weighted by Crippen LogP contribution is 2.27. The third kappa shape index (κ3) is 3.67. The van der Waals surface area contributed by atoms with Crippen LogP contribution in [-0.4, -0.2) is 44.2 Å². The number of hydrogen-bond acceptors (Lipinski definition) is 8. The van der Waals surface area contributed by atoms with Gasteiger partial charge in [0.25, 0.3) is 0 Å². The molecule has 0 aliphatic rings. The third-order valence-electron chi connectivity index (χ3n) is 2.94. The lowest BCUT2D eigenvalue weighted by Crippen LogP contribution is -2.15. The van der Waals surface area contributed by atoms with E-state index in [2.05, 4.69) is 44.0 Å². The molecule has 0 aromatic carbocycles. The summed E-state index contributed by atoms with van der Waals surface area (Å²) in [6, 6.07) is 3.99. The highest BCUT2D eigenvalue weighted by molar-refractivity contribution is 7.99. The summed E-state index contributed by atoms with van der Waals surface area (Å²) in [4.78, 5) is 20.8. The number of anilines is 1. The zero-order valence-electron chi connectivity index (χ0n) is 13.3. The van der Waals surface area contributed by atoms with Crippen molar-refractivity contribution < 1.29 is 0 Å². The van der Waals surface area contributed by atoms with Crippen LogP contribution in [0.2, 0.25) is 0 Å². The Labute approximate surface area is 142 Å². The van der Waals surface area contributed by atoms with E-state index in [4.69, 9.17) is 0 Å². The van der Waals surface area contributed by atoms with E-state index >= 15 is 0 Å². The fourth-order valence-electron chi connectivity index (χ4n) is 1.76. The molecule has 0 unspecified atom stereocenters. The molecule has 23 heavy (non-hydrogen) atoms. The molecule has 1 N–H and O–H groups in total. The largest absolute Gasteiger partial charge is 0.347 e. The number of nitrogens with one attached hydrogen (secondary N) is 1. The predicted molar refractivity (Wildman–Crippen MR) is 92.1 cm³/mol. The van der Waals surface area contributed by atoms with E-state index in [0.717, 1.165) is 16.5 Å². The zero-order valence-corrected chi connectivity index (χ0v) is 14.9. The van der Waals surface area contributed by atoms with Gasteiger partial charge in [0.1, 0.15) is 5.82 Å². The van der Waals surface area contributed by atoms with Gasteiger partial charge in [0.2, 0.25) is 16.3 Å². The van der Waals surface area contributed by atoms with Gasteiger partial charge in [0.05, 0.1) is 4.88 Å². The highest BCUT2D eigenvalue weighted by atomic mass is 32.2. The van der Waals surface area contributed by atoms with Crippen molar-refractivity contribution in [1.82, 2.24) is 30.1 Å². The fourth-order valence-corrected chi connectivity index (χ4v) is 3.08. The first-order valence-corrected chi connectivity index (χ1v) is 8.80. The summed E-state index contributed by atoms with van der Waals surface area (Å²) in [5.74, 6) is 2.39. The molecule has 0 radical (unpaired) electrons. The Bertz CT molecular complexity index is 754. The second-order valence-electron chi connectivity index (χ2n) is 5.37. The molecular formula is C14H17N7S2. The molecule has 9 heteroatoms. The molecule has 0 saturated carbocycles. The number of aromatic nitrogens is 6. The molecule has 0 bridgehead atoms. The number of aromatic amines is 1. The molecule has 0 amide bonds. The van der Waals surface area contributed by atoms with Crippen LogP contribution in [0.3, 0.4) is 0 Å². The van der Waals surface area contributed by atoms with Gasteiger partial charge in [-0.15, -0.1) is 16.4 Å². The zero-order chi connectivity index (χ0) is 16.4. The van der Waals surface area contributed by atoms with Crippen LogP contribution in [0, 0.1) is 0 Å². The van der Waals surface area contributed by atoms with Gasteiger partial charge in [-0.3, -0.25) is 5.10 Å². The van der Waals surface area contributed by atoms with Crippen molar-refractivity contribution in [3.05, 3.63) is 23.3 Å². The highest BCUT2D eigenvalue weighted by Gasteiger charge is 2.14. The Morgan fingerprint density at radius 3 is 2.61 bits per heavy atom. The van der Waals surface area contributed by atoms with Crippen LogP contribution in [0.4, 0.5) is 5.95 Å². The number of hydrogen-bond donors (Lipinski definition) is 1. The van der Waals surface area contributed by atoms with Crippen molar-refractivity contribution in [2.45, 2.75) is 30.1 Å². The second kappa shape index (κ2) is 6.63. The Morgan fingerprint density at radius 1 is 1.13 bits per heavy atom. The molecule has 3 rings (SSSR count). The average Bonchev–Trinajstić information content (AvgIpc) is 3.17. The number of thiophene rings is 1. The molecule has 0 aliphatic carbocycles. The average molecular weight is 347 g/mol. The Kier molecular flexibility index (Phi) is 4.58. The molecule has 0 spiro atoms. The third-order valence-corrected chi connectivity index (χ3v) is 4.55. The Morgan fingerprint density at radius 2 is 1.96 bits per heavy atom. The van der Waals surface area contributed by atoms with Gasteiger partial charge in [-0.05, 0) is 23.2 Å². The maximum atomic E-state index is 4.51. The van der Waals surface area contributed by atoms with Crippen LogP contribution < -0.4 is 4.90 Å². The summed E-state index contributed by atoms with van der Waals surface area (Å²) < 4.78 is 0. The van der Waals surface area contributed by atoms with Crippen LogP contribution in [0.5, 0.6) is 0 Å². The molecule has 120 valence electrons. The summed E-state index contributed by atoms with van der Waals surface area (Å²) in [5.41, 5.74) is 0. The van der Waals surface area contributed by atoms with Crippen molar-refractivity contribution in [3.63, 3.8) is 0 Å². The van der Waals surface area contributed by atoms with E-state index in [-0.39, 0.29) is 5.92 Å². The van der Waals surface area contributed by atoms with Crippen molar-refractivity contribution in [3.8, 4) is 10.7 Å². The van der Waals surface area contributed by atoms with E-state index in [0.29, 0.717) is 16.3 Å². The van der Waals surface area contributed by atoms with Gasteiger partial charge in [-0.2, -0.15) is 9.97 Å². The SMILES string of the molecule is CC(C)c1nc(Sc2n[nH]c(-c3cccs3)n2)nc(N(C)C)n1. The van der Waals surface area contributed by atoms with E-state index in [1.807, 2.05) is 36.5 Å². The van der Waals surface area contributed by atoms with Crippen molar-refractivity contribution in [2.75, 3.05) is 19.0 Å². The van der Waals surface area contributed by atoms with Crippen LogP contribution in [0.25, 0.3) is 10.7 Å². The maximum Gasteiger partial charge on any atom is 0.229 e. The van der Waals surface area contributed by atoms with Crippen LogP contribution >= 0.6 is 23.1 Å². The van der Waals surface area contributed by atoms with Gasteiger partial charge < -0.3 is 4.90 Å². The first kappa shape index (κ1) is 15.9. The topological polar surface area (TPSA) is 83.5 Å². The minimum atomic E-state index is 0.227. The van der Waals surface area contributed by atoms with Crippen molar-refractivity contribution >= 4 is 29.0 Å². The maximum absolute atomic E-state index is 4.51. The summed E-state index contributed by atoms with van der Waals surface area (Å²) in [5, 5.41) is 10.4. The van der Waals surface area contributed by atoms with E-state index in [1.165, 1.54) is 11.8 Å². The first-order chi connectivity index (χ1) is 11.0. The van der Waals surface area contributed by atoms with Gasteiger partial charge in [-0.1, -0.05) is 19.9 Å². The standard InChI is InChI=1S/C14H17N7S2/c1-8(2)10-15-12(21(3)4)18-13(16-10)23-14-17-11(19-20-14)9-6-5-7-22-9/h5-8H,1-4H3,(H,17,19,20). The molecule has 0 atom stereocenters. The summed E-state index contributed by atoms with van der Waals surface area (Å²) >= 11 is 2.95. The minimum absolute atomic E-state index is 0.227. The Hall–Kier alpha value is -2.00. The number of rotatable bonds is 5. The molecule has 3 aromatic rings. The van der Waals surface area contributed by atoms with E-state index in [9.17, 15) is 0 Å². The van der Waals surface area contributed by atoms with E-state index < -0.39 is 0 Å². The molecule has 0 fully saturated rings. The number of nitrogens with zero attached hydrogens (tertiary/aromatic N) is 6. The van der Waals surface area contributed by atoms with Crippen LogP contribution in [-0.2, 0) is 0 Å². The Balaban J connectivity index is 1.87. The monoisotopic (exact) mass is 347 g/mol. The minimum Gasteiger partial charge on any atom is -0.347 e.